The normalized spacial score (nSPS) is 20.8. The fraction of sp³-hybridized carbons (Fsp3) is 0.562. The van der Waals surface area contributed by atoms with Crippen LogP contribution in [0.5, 0.6) is 0 Å². The van der Waals surface area contributed by atoms with Gasteiger partial charge in [-0.3, -0.25) is 0 Å². The van der Waals surface area contributed by atoms with Gasteiger partial charge >= 0.3 is 6.03 Å². The molecule has 0 atom stereocenters. The summed E-state index contributed by atoms with van der Waals surface area (Å²) in [5.74, 6) is 0. The van der Waals surface area contributed by atoms with E-state index in [-0.39, 0.29) is 6.03 Å². The lowest BCUT2D eigenvalue weighted by molar-refractivity contribution is 0.165. The number of urea groups is 1. The van der Waals surface area contributed by atoms with Crippen LogP contribution in [0.25, 0.3) is 0 Å². The zero-order valence-electron chi connectivity index (χ0n) is 12.1. The molecule has 0 unspecified atom stereocenters. The Labute approximate surface area is 120 Å². The maximum atomic E-state index is 12.5. The molecule has 2 fully saturated rings. The van der Waals surface area contributed by atoms with Crippen LogP contribution in [0.1, 0.15) is 24.0 Å². The van der Waals surface area contributed by atoms with Crippen molar-refractivity contribution in [1.29, 1.82) is 0 Å². The molecule has 0 aromatic heterocycles. The van der Waals surface area contributed by atoms with Gasteiger partial charge in [0.1, 0.15) is 0 Å². The smallest absolute Gasteiger partial charge is 0.320 e. The molecule has 108 valence electrons. The minimum absolute atomic E-state index is 0.221. The zero-order valence-corrected chi connectivity index (χ0v) is 12.1. The van der Waals surface area contributed by atoms with Crippen LogP contribution in [-0.2, 0) is 6.54 Å². The van der Waals surface area contributed by atoms with E-state index in [0.717, 1.165) is 45.6 Å². The first-order valence-electron chi connectivity index (χ1n) is 7.56. The fourth-order valence-electron chi connectivity index (χ4n) is 3.24. The molecule has 2 aliphatic heterocycles. The molecule has 4 nitrogen and oxygen atoms in total. The molecule has 0 spiro atoms. The van der Waals surface area contributed by atoms with Crippen molar-refractivity contribution in [2.75, 3.05) is 26.2 Å². The molecule has 1 N–H and O–H groups in total. The molecule has 2 amide bonds. The zero-order chi connectivity index (χ0) is 13.9. The number of aryl methyl sites for hydroxylation is 1. The lowest BCUT2D eigenvalue weighted by Crippen LogP contribution is -2.45. The molecule has 0 aliphatic carbocycles. The summed E-state index contributed by atoms with van der Waals surface area (Å²) in [4.78, 5) is 16.6. The largest absolute Gasteiger partial charge is 0.320 e. The number of nitrogens with zero attached hydrogens (tertiary/aromatic N) is 2. The van der Waals surface area contributed by atoms with E-state index in [1.165, 1.54) is 11.1 Å². The van der Waals surface area contributed by atoms with Crippen LogP contribution >= 0.6 is 0 Å². The third-order valence-electron chi connectivity index (χ3n) is 4.33. The Hall–Kier alpha value is -1.55. The molecule has 3 rings (SSSR count). The Morgan fingerprint density at radius 1 is 1.25 bits per heavy atom. The second-order valence-corrected chi connectivity index (χ2v) is 5.87. The maximum Gasteiger partial charge on any atom is 0.320 e. The number of amides is 2. The van der Waals surface area contributed by atoms with Crippen molar-refractivity contribution in [2.24, 2.45) is 0 Å². The van der Waals surface area contributed by atoms with Crippen LogP contribution in [-0.4, -0.2) is 48.1 Å². The molecule has 2 aliphatic rings. The quantitative estimate of drug-likeness (QED) is 0.914. The van der Waals surface area contributed by atoms with E-state index in [4.69, 9.17) is 0 Å². The predicted molar refractivity (Wildman–Crippen MR) is 79.6 cm³/mol. The Morgan fingerprint density at radius 2 is 2.05 bits per heavy atom. The number of piperidine rings is 1. The molecule has 1 aromatic carbocycles. The molecule has 1 aromatic rings. The molecule has 0 bridgehead atoms. The number of rotatable bonds is 3. The molecule has 0 radical (unpaired) electrons. The van der Waals surface area contributed by atoms with E-state index in [9.17, 15) is 4.79 Å². The van der Waals surface area contributed by atoms with E-state index in [0.29, 0.717) is 6.04 Å². The number of hydrogen-bond acceptors (Lipinski definition) is 2. The van der Waals surface area contributed by atoms with Gasteiger partial charge in [-0.05, 0) is 38.4 Å². The van der Waals surface area contributed by atoms with Crippen LogP contribution in [0.2, 0.25) is 0 Å². The summed E-state index contributed by atoms with van der Waals surface area (Å²) in [5.41, 5.74) is 2.48. The topological polar surface area (TPSA) is 35.6 Å². The molecule has 0 saturated carbocycles. The minimum atomic E-state index is 0.221. The van der Waals surface area contributed by atoms with E-state index in [2.05, 4.69) is 41.4 Å². The summed E-state index contributed by atoms with van der Waals surface area (Å²) < 4.78 is 0. The van der Waals surface area contributed by atoms with Crippen molar-refractivity contribution in [3.05, 3.63) is 35.4 Å². The molecular formula is C16H23N3O. The van der Waals surface area contributed by atoms with Crippen molar-refractivity contribution in [1.82, 2.24) is 15.1 Å². The third-order valence-corrected chi connectivity index (χ3v) is 4.33. The highest BCUT2D eigenvalue weighted by molar-refractivity contribution is 5.77. The molecule has 2 saturated heterocycles. The van der Waals surface area contributed by atoms with Gasteiger partial charge in [0, 0.05) is 25.7 Å². The average Bonchev–Trinajstić information content (AvgIpc) is 2.81. The summed E-state index contributed by atoms with van der Waals surface area (Å²) in [7, 11) is 0. The number of carbonyl (C=O) groups excluding carboxylic acids is 1. The van der Waals surface area contributed by atoms with E-state index < -0.39 is 0 Å². The van der Waals surface area contributed by atoms with Gasteiger partial charge in [-0.25, -0.2) is 4.79 Å². The van der Waals surface area contributed by atoms with Crippen LogP contribution < -0.4 is 5.32 Å². The van der Waals surface area contributed by atoms with Crippen LogP contribution in [0.3, 0.4) is 0 Å². The van der Waals surface area contributed by atoms with Gasteiger partial charge in [0.15, 0.2) is 0 Å². The second kappa shape index (κ2) is 5.83. The first-order valence-corrected chi connectivity index (χ1v) is 7.56. The van der Waals surface area contributed by atoms with Gasteiger partial charge in [0.2, 0.25) is 0 Å². The summed E-state index contributed by atoms with van der Waals surface area (Å²) in [6, 6.07) is 9.09. The van der Waals surface area contributed by atoms with Gasteiger partial charge in [0.05, 0.1) is 0 Å². The van der Waals surface area contributed by atoms with Crippen molar-refractivity contribution in [2.45, 2.75) is 32.4 Å². The number of nitrogens with one attached hydrogen (secondary N) is 1. The Kier molecular flexibility index (Phi) is 3.92. The highest BCUT2D eigenvalue weighted by Crippen LogP contribution is 2.20. The third kappa shape index (κ3) is 2.80. The van der Waals surface area contributed by atoms with Gasteiger partial charge < -0.3 is 15.1 Å². The summed E-state index contributed by atoms with van der Waals surface area (Å²) in [6.45, 7) is 6.64. The van der Waals surface area contributed by atoms with Crippen LogP contribution in [0.15, 0.2) is 24.3 Å². The summed E-state index contributed by atoms with van der Waals surface area (Å²) >= 11 is 0. The first-order chi connectivity index (χ1) is 9.74. The number of hydrogen-bond donors (Lipinski definition) is 1. The summed E-state index contributed by atoms with van der Waals surface area (Å²) in [5, 5.41) is 3.36. The highest BCUT2D eigenvalue weighted by atomic mass is 16.2. The van der Waals surface area contributed by atoms with Gasteiger partial charge in [0.25, 0.3) is 0 Å². The number of benzene rings is 1. The van der Waals surface area contributed by atoms with E-state index in [1.807, 2.05) is 4.90 Å². The van der Waals surface area contributed by atoms with Crippen molar-refractivity contribution < 1.29 is 4.79 Å². The Morgan fingerprint density at radius 3 is 2.80 bits per heavy atom. The highest BCUT2D eigenvalue weighted by Gasteiger charge is 2.33. The van der Waals surface area contributed by atoms with Gasteiger partial charge in [-0.15, -0.1) is 0 Å². The maximum absolute atomic E-state index is 12.5. The second-order valence-electron chi connectivity index (χ2n) is 5.87. The standard InChI is InChI=1S/C16H23N3O/c1-13-3-2-4-14(11-13)12-18-9-10-19(16(18)20)15-5-7-17-8-6-15/h2-4,11,15,17H,5-10,12H2,1H3. The summed E-state index contributed by atoms with van der Waals surface area (Å²) in [6.07, 6.45) is 2.17. The Balaban J connectivity index is 1.63. The lowest BCUT2D eigenvalue weighted by Gasteiger charge is -2.31. The van der Waals surface area contributed by atoms with Gasteiger partial charge in [-0.1, -0.05) is 29.8 Å². The lowest BCUT2D eigenvalue weighted by atomic mass is 10.1. The van der Waals surface area contributed by atoms with Gasteiger partial charge in [-0.2, -0.15) is 0 Å². The molecular weight excluding hydrogens is 250 g/mol. The SMILES string of the molecule is Cc1cccc(CN2CCN(C3CCNCC3)C2=O)c1. The number of carbonyl (C=O) groups is 1. The van der Waals surface area contributed by atoms with E-state index in [1.54, 1.807) is 0 Å². The fourth-order valence-corrected chi connectivity index (χ4v) is 3.24. The monoisotopic (exact) mass is 273 g/mol. The van der Waals surface area contributed by atoms with Crippen LogP contribution in [0, 0.1) is 6.92 Å². The predicted octanol–water partition coefficient (Wildman–Crippen LogP) is 1.98. The molecule has 2 heterocycles. The van der Waals surface area contributed by atoms with Crippen molar-refractivity contribution in [3.8, 4) is 0 Å². The minimum Gasteiger partial charge on any atom is -0.320 e. The van der Waals surface area contributed by atoms with Crippen molar-refractivity contribution >= 4 is 6.03 Å². The Bertz CT molecular complexity index is 482. The average molecular weight is 273 g/mol. The molecule has 20 heavy (non-hydrogen) atoms. The van der Waals surface area contributed by atoms with Crippen molar-refractivity contribution in [3.63, 3.8) is 0 Å². The van der Waals surface area contributed by atoms with Crippen LogP contribution in [0.4, 0.5) is 4.79 Å². The first kappa shape index (κ1) is 13.4. The van der Waals surface area contributed by atoms with E-state index >= 15 is 0 Å². The molecule has 4 heteroatoms.